The number of nitrogens with zero attached hydrogens (tertiary/aromatic N) is 5. The van der Waals surface area contributed by atoms with E-state index in [0.717, 1.165) is 12.3 Å². The predicted octanol–water partition coefficient (Wildman–Crippen LogP) is 6.02. The summed E-state index contributed by atoms with van der Waals surface area (Å²) in [6, 6.07) is 2.31. The van der Waals surface area contributed by atoms with Crippen LogP contribution in [0.1, 0.15) is 15.9 Å². The molecule has 0 fully saturated rings. The SMILES string of the molecule is Cn1c(Nc2c(Cl)cncc2Cl)nc2cc(C(=O)Nc3cc(C(F)(F)F)ccn3)c(OCC(F)(F)F)nc21. The number of fused-ring (bicyclic) bond motifs is 1. The summed E-state index contributed by atoms with van der Waals surface area (Å²) in [6.45, 7) is -1.79. The second-order valence-corrected chi connectivity index (χ2v) is 8.38. The molecule has 4 heterocycles. The molecule has 4 aromatic rings. The quantitative estimate of drug-likeness (QED) is 0.269. The third-order valence-electron chi connectivity index (χ3n) is 4.85. The van der Waals surface area contributed by atoms with Gasteiger partial charge in [0.2, 0.25) is 11.8 Å². The highest BCUT2D eigenvalue weighted by molar-refractivity contribution is 6.39. The maximum Gasteiger partial charge on any atom is 0.422 e. The summed E-state index contributed by atoms with van der Waals surface area (Å²) in [5.41, 5.74) is -1.38. The van der Waals surface area contributed by atoms with Gasteiger partial charge in [-0.2, -0.15) is 31.3 Å². The zero-order valence-electron chi connectivity index (χ0n) is 18.7. The van der Waals surface area contributed by atoms with Gasteiger partial charge in [0, 0.05) is 25.6 Å². The Kier molecular flexibility index (Phi) is 7.25. The average Bonchev–Trinajstić information content (AvgIpc) is 3.13. The lowest BCUT2D eigenvalue weighted by Gasteiger charge is -2.13. The van der Waals surface area contributed by atoms with Gasteiger partial charge in [-0.25, -0.2) is 9.97 Å². The highest BCUT2D eigenvalue weighted by Gasteiger charge is 2.32. The number of hydrogen-bond donors (Lipinski definition) is 2. The van der Waals surface area contributed by atoms with Crippen LogP contribution < -0.4 is 15.4 Å². The van der Waals surface area contributed by atoms with Crippen LogP contribution in [-0.2, 0) is 13.2 Å². The van der Waals surface area contributed by atoms with Crippen LogP contribution in [0.15, 0.2) is 36.8 Å². The molecule has 0 aliphatic rings. The number of ether oxygens (including phenoxy) is 1. The van der Waals surface area contributed by atoms with Crippen LogP contribution in [0.4, 0.5) is 43.8 Å². The summed E-state index contributed by atoms with van der Waals surface area (Å²) in [5.74, 6) is -2.30. The molecule has 0 aliphatic heterocycles. The molecular formula is C21H13Cl2F6N7O2. The number of aromatic nitrogens is 5. The topological polar surface area (TPSA) is 107 Å². The molecule has 0 radical (unpaired) electrons. The first kappa shape index (κ1) is 27.2. The van der Waals surface area contributed by atoms with E-state index in [1.54, 1.807) is 0 Å². The number of pyridine rings is 3. The van der Waals surface area contributed by atoms with E-state index in [0.29, 0.717) is 12.1 Å². The average molecular weight is 580 g/mol. The number of alkyl halides is 6. The van der Waals surface area contributed by atoms with E-state index in [2.05, 4.69) is 30.6 Å². The fourth-order valence-corrected chi connectivity index (χ4v) is 3.59. The van der Waals surface area contributed by atoms with Gasteiger partial charge in [-0.15, -0.1) is 0 Å². The zero-order valence-corrected chi connectivity index (χ0v) is 20.3. The molecule has 0 aliphatic carbocycles. The van der Waals surface area contributed by atoms with Crippen LogP contribution >= 0.6 is 23.2 Å². The highest BCUT2D eigenvalue weighted by atomic mass is 35.5. The van der Waals surface area contributed by atoms with Crippen molar-refractivity contribution in [2.75, 3.05) is 17.2 Å². The van der Waals surface area contributed by atoms with Crippen molar-refractivity contribution in [1.82, 2.24) is 24.5 Å². The number of nitrogens with one attached hydrogen (secondary N) is 2. The van der Waals surface area contributed by atoms with Crippen LogP contribution in [0, 0.1) is 0 Å². The zero-order chi connectivity index (χ0) is 27.8. The van der Waals surface area contributed by atoms with Gasteiger partial charge in [0.25, 0.3) is 5.91 Å². The Hall–Kier alpha value is -3.85. The summed E-state index contributed by atoms with van der Waals surface area (Å²) < 4.78 is 83.7. The molecule has 0 spiro atoms. The van der Waals surface area contributed by atoms with E-state index in [4.69, 9.17) is 27.9 Å². The fourth-order valence-electron chi connectivity index (χ4n) is 3.13. The van der Waals surface area contributed by atoms with Crippen molar-refractivity contribution in [2.45, 2.75) is 12.4 Å². The molecule has 0 atom stereocenters. The lowest BCUT2D eigenvalue weighted by molar-refractivity contribution is -0.154. The maximum atomic E-state index is 13.0. The molecule has 0 unspecified atom stereocenters. The van der Waals surface area contributed by atoms with Gasteiger partial charge in [-0.3, -0.25) is 14.3 Å². The summed E-state index contributed by atoms with van der Waals surface area (Å²) in [7, 11) is 1.47. The van der Waals surface area contributed by atoms with Gasteiger partial charge < -0.3 is 15.4 Å². The molecule has 38 heavy (non-hydrogen) atoms. The molecule has 1 amide bonds. The Morgan fingerprint density at radius 1 is 1.08 bits per heavy atom. The van der Waals surface area contributed by atoms with Crippen molar-refractivity contribution in [3.8, 4) is 5.88 Å². The first-order valence-corrected chi connectivity index (χ1v) is 11.0. The number of amides is 1. The van der Waals surface area contributed by atoms with Crippen molar-refractivity contribution in [3.63, 3.8) is 0 Å². The number of aryl methyl sites for hydroxylation is 1. The van der Waals surface area contributed by atoms with Crippen LogP contribution in [0.5, 0.6) is 5.88 Å². The maximum absolute atomic E-state index is 13.0. The normalized spacial score (nSPS) is 12.0. The molecular weight excluding hydrogens is 567 g/mol. The molecule has 2 N–H and O–H groups in total. The molecule has 4 aromatic heterocycles. The molecule has 0 bridgehead atoms. The van der Waals surface area contributed by atoms with Gasteiger partial charge >= 0.3 is 12.4 Å². The van der Waals surface area contributed by atoms with Gasteiger partial charge in [0.05, 0.1) is 21.3 Å². The van der Waals surface area contributed by atoms with E-state index < -0.39 is 47.7 Å². The Balaban J connectivity index is 1.74. The van der Waals surface area contributed by atoms with Crippen molar-refractivity contribution in [2.24, 2.45) is 7.05 Å². The van der Waals surface area contributed by atoms with Crippen molar-refractivity contribution in [1.29, 1.82) is 0 Å². The Bertz CT molecular complexity index is 1500. The number of hydrogen-bond acceptors (Lipinski definition) is 7. The van der Waals surface area contributed by atoms with Gasteiger partial charge in [-0.1, -0.05) is 23.2 Å². The number of carbonyl (C=O) groups is 1. The first-order chi connectivity index (χ1) is 17.7. The standard InChI is InChI=1S/C21H13Cl2F6N7O2/c1-36-16-13(32-19(36)34-15-11(22)6-30-7-12(15)23)5-10(18(35-16)38-8-20(24,25)26)17(37)33-14-4-9(2-3-31-14)21(27,28)29/h2-7H,8H2,1H3,(H,30,32,34)(H,31,33,37). The third-order valence-corrected chi connectivity index (χ3v) is 5.42. The van der Waals surface area contributed by atoms with Gasteiger partial charge in [0.1, 0.15) is 16.9 Å². The number of halogens is 8. The number of imidazole rings is 1. The lowest BCUT2D eigenvalue weighted by Crippen LogP contribution is -2.22. The second-order valence-electron chi connectivity index (χ2n) is 7.57. The van der Waals surface area contributed by atoms with E-state index in [9.17, 15) is 31.1 Å². The minimum absolute atomic E-state index is 0.000260. The van der Waals surface area contributed by atoms with Crippen LogP contribution in [0.2, 0.25) is 10.0 Å². The van der Waals surface area contributed by atoms with E-state index in [1.165, 1.54) is 24.0 Å². The van der Waals surface area contributed by atoms with E-state index in [-0.39, 0.29) is 32.8 Å². The Morgan fingerprint density at radius 2 is 1.76 bits per heavy atom. The van der Waals surface area contributed by atoms with Crippen LogP contribution in [0.3, 0.4) is 0 Å². The molecule has 9 nitrogen and oxygen atoms in total. The minimum atomic E-state index is -4.78. The van der Waals surface area contributed by atoms with Crippen molar-refractivity contribution >= 4 is 57.7 Å². The summed E-state index contributed by atoms with van der Waals surface area (Å²) in [6.07, 6.45) is -6.07. The molecule has 0 aromatic carbocycles. The number of carbonyl (C=O) groups excluding carboxylic acids is 1. The van der Waals surface area contributed by atoms with Crippen LogP contribution in [0.25, 0.3) is 11.2 Å². The van der Waals surface area contributed by atoms with Gasteiger partial charge in [0.15, 0.2) is 12.3 Å². The Labute approximate surface area is 218 Å². The van der Waals surface area contributed by atoms with E-state index >= 15 is 0 Å². The van der Waals surface area contributed by atoms with Crippen molar-refractivity contribution in [3.05, 3.63) is 58.0 Å². The summed E-state index contributed by atoms with van der Waals surface area (Å²) >= 11 is 12.2. The fraction of sp³-hybridized carbons (Fsp3) is 0.190. The molecule has 0 saturated carbocycles. The minimum Gasteiger partial charge on any atom is -0.467 e. The lowest BCUT2D eigenvalue weighted by atomic mass is 10.2. The second kappa shape index (κ2) is 10.1. The molecule has 4 rings (SSSR count). The number of rotatable bonds is 6. The van der Waals surface area contributed by atoms with E-state index in [1.807, 2.05) is 0 Å². The van der Waals surface area contributed by atoms with Crippen LogP contribution in [-0.4, -0.2) is 43.2 Å². The third kappa shape index (κ3) is 5.99. The highest BCUT2D eigenvalue weighted by Crippen LogP contribution is 2.34. The largest absolute Gasteiger partial charge is 0.467 e. The summed E-state index contributed by atoms with van der Waals surface area (Å²) in [5, 5.41) is 5.24. The molecule has 0 saturated heterocycles. The monoisotopic (exact) mass is 579 g/mol. The van der Waals surface area contributed by atoms with Gasteiger partial charge in [-0.05, 0) is 18.2 Å². The first-order valence-electron chi connectivity index (χ1n) is 10.2. The smallest absolute Gasteiger partial charge is 0.422 e. The summed E-state index contributed by atoms with van der Waals surface area (Å²) in [4.78, 5) is 28.6. The Morgan fingerprint density at radius 3 is 2.39 bits per heavy atom. The molecule has 200 valence electrons. The predicted molar refractivity (Wildman–Crippen MR) is 125 cm³/mol. The molecule has 17 heteroatoms. The van der Waals surface area contributed by atoms with Crippen molar-refractivity contribution < 1.29 is 35.9 Å². The number of anilines is 3.